The third kappa shape index (κ3) is 1.79. The van der Waals surface area contributed by atoms with Gasteiger partial charge in [0.25, 0.3) is 0 Å². The Bertz CT molecular complexity index is 699. The van der Waals surface area contributed by atoms with Crippen LogP contribution in [0.1, 0.15) is 18.4 Å². The Balaban J connectivity index is 1.78. The number of fused-ring (bicyclic) bond motifs is 3. The zero-order chi connectivity index (χ0) is 13.5. The first kappa shape index (κ1) is 11.9. The molecule has 0 bridgehead atoms. The zero-order valence-corrected chi connectivity index (χ0v) is 11.4. The molecule has 2 aliphatic rings. The fraction of sp³-hybridized carbons (Fsp3) is 0.375. The van der Waals surface area contributed by atoms with Crippen LogP contribution < -0.4 is 11.1 Å². The highest BCUT2D eigenvalue weighted by Crippen LogP contribution is 2.38. The minimum absolute atomic E-state index is 0.572. The van der Waals surface area contributed by atoms with Crippen LogP contribution >= 0.6 is 0 Å². The first-order valence-corrected chi connectivity index (χ1v) is 7.28. The average molecular weight is 266 g/mol. The summed E-state index contributed by atoms with van der Waals surface area (Å²) in [6.45, 7) is 2.18. The van der Waals surface area contributed by atoms with Gasteiger partial charge in [-0.05, 0) is 37.6 Å². The molecule has 1 fully saturated rings. The van der Waals surface area contributed by atoms with E-state index in [2.05, 4.69) is 22.4 Å². The Morgan fingerprint density at radius 1 is 1.15 bits per heavy atom. The van der Waals surface area contributed by atoms with Crippen molar-refractivity contribution < 1.29 is 0 Å². The van der Waals surface area contributed by atoms with Crippen LogP contribution in [0.25, 0.3) is 10.9 Å². The van der Waals surface area contributed by atoms with E-state index in [1.165, 1.54) is 29.5 Å². The van der Waals surface area contributed by atoms with Crippen molar-refractivity contribution in [3.8, 4) is 0 Å². The molecule has 0 saturated carbocycles. The molecule has 4 heteroatoms. The standard InChI is InChI=1S/C16H18N4/c17-16-15-12(11-3-1-2-4-13(11)20-16)9-14(19-15)10-5-7-18-8-6-10/h1-4,10,18H,5-9H2,(H2,17,20). The number of para-hydroxylation sites is 1. The molecule has 1 aromatic carbocycles. The van der Waals surface area contributed by atoms with Gasteiger partial charge in [0.05, 0.1) is 5.52 Å². The second-order valence-corrected chi connectivity index (χ2v) is 5.65. The molecule has 1 aromatic heterocycles. The van der Waals surface area contributed by atoms with Crippen LogP contribution in [0.15, 0.2) is 29.3 Å². The molecule has 0 radical (unpaired) electrons. The Hall–Kier alpha value is -1.94. The monoisotopic (exact) mass is 266 g/mol. The van der Waals surface area contributed by atoms with E-state index in [9.17, 15) is 0 Å². The van der Waals surface area contributed by atoms with Crippen molar-refractivity contribution in [3.63, 3.8) is 0 Å². The maximum Gasteiger partial charge on any atom is 0.150 e. The number of aliphatic imine (C=N–C) groups is 1. The van der Waals surface area contributed by atoms with Gasteiger partial charge in [-0.2, -0.15) is 0 Å². The molecule has 0 unspecified atom stereocenters. The normalized spacial score (nSPS) is 19.1. The number of piperidine rings is 1. The number of anilines is 1. The lowest BCUT2D eigenvalue weighted by Crippen LogP contribution is -2.31. The third-order valence-corrected chi connectivity index (χ3v) is 4.42. The molecule has 0 spiro atoms. The van der Waals surface area contributed by atoms with Crippen molar-refractivity contribution in [2.45, 2.75) is 19.3 Å². The highest BCUT2D eigenvalue weighted by molar-refractivity contribution is 6.03. The Morgan fingerprint density at radius 2 is 1.95 bits per heavy atom. The van der Waals surface area contributed by atoms with Crippen LogP contribution in [0.2, 0.25) is 0 Å². The Labute approximate surface area is 118 Å². The van der Waals surface area contributed by atoms with Crippen molar-refractivity contribution in [2.24, 2.45) is 10.9 Å². The zero-order valence-electron chi connectivity index (χ0n) is 11.4. The fourth-order valence-electron chi connectivity index (χ4n) is 3.35. The van der Waals surface area contributed by atoms with E-state index in [0.29, 0.717) is 11.7 Å². The van der Waals surface area contributed by atoms with E-state index in [1.54, 1.807) is 0 Å². The second kappa shape index (κ2) is 4.56. The highest BCUT2D eigenvalue weighted by Gasteiger charge is 2.27. The third-order valence-electron chi connectivity index (χ3n) is 4.42. The number of aromatic nitrogens is 1. The topological polar surface area (TPSA) is 63.3 Å². The molecule has 3 N–H and O–H groups in total. The van der Waals surface area contributed by atoms with Gasteiger partial charge in [-0.25, -0.2) is 4.98 Å². The maximum absolute atomic E-state index is 6.10. The summed E-state index contributed by atoms with van der Waals surface area (Å²) in [6, 6.07) is 8.21. The number of nitrogens with zero attached hydrogens (tertiary/aromatic N) is 2. The first-order chi connectivity index (χ1) is 9.83. The number of pyridine rings is 1. The van der Waals surface area contributed by atoms with E-state index in [1.807, 2.05) is 12.1 Å². The molecular formula is C16H18N4. The average Bonchev–Trinajstić information content (AvgIpc) is 2.94. The van der Waals surface area contributed by atoms with E-state index >= 15 is 0 Å². The summed E-state index contributed by atoms with van der Waals surface area (Å²) in [7, 11) is 0. The lowest BCUT2D eigenvalue weighted by Gasteiger charge is -2.22. The molecule has 2 aromatic rings. The van der Waals surface area contributed by atoms with Crippen molar-refractivity contribution in [2.75, 3.05) is 18.8 Å². The summed E-state index contributed by atoms with van der Waals surface area (Å²) in [5.74, 6) is 1.17. The smallest absolute Gasteiger partial charge is 0.150 e. The summed E-state index contributed by atoms with van der Waals surface area (Å²) >= 11 is 0. The lowest BCUT2D eigenvalue weighted by atomic mass is 9.90. The van der Waals surface area contributed by atoms with Crippen LogP contribution in [0.3, 0.4) is 0 Å². The molecule has 4 nitrogen and oxygen atoms in total. The van der Waals surface area contributed by atoms with Gasteiger partial charge in [0, 0.05) is 23.4 Å². The largest absolute Gasteiger partial charge is 0.382 e. The van der Waals surface area contributed by atoms with E-state index in [-0.39, 0.29) is 0 Å². The summed E-state index contributed by atoms with van der Waals surface area (Å²) in [6.07, 6.45) is 3.30. The highest BCUT2D eigenvalue weighted by atomic mass is 14.9. The number of nitrogens with two attached hydrogens (primary N) is 1. The number of hydrogen-bond donors (Lipinski definition) is 2. The van der Waals surface area contributed by atoms with Crippen molar-refractivity contribution in [1.29, 1.82) is 0 Å². The quantitative estimate of drug-likeness (QED) is 0.833. The predicted octanol–water partition coefficient (Wildman–Crippen LogP) is 2.45. The number of nitrogens with one attached hydrogen (secondary N) is 1. The molecular weight excluding hydrogens is 248 g/mol. The van der Waals surface area contributed by atoms with E-state index in [0.717, 1.165) is 30.7 Å². The van der Waals surface area contributed by atoms with Gasteiger partial charge < -0.3 is 11.1 Å². The molecule has 1 saturated heterocycles. The minimum atomic E-state index is 0.572. The molecule has 102 valence electrons. The van der Waals surface area contributed by atoms with Gasteiger partial charge in [-0.15, -0.1) is 0 Å². The molecule has 4 rings (SSSR count). The number of rotatable bonds is 1. The van der Waals surface area contributed by atoms with Crippen molar-refractivity contribution >= 4 is 28.1 Å². The van der Waals surface area contributed by atoms with Crippen LogP contribution in [0.4, 0.5) is 11.5 Å². The van der Waals surface area contributed by atoms with Gasteiger partial charge >= 0.3 is 0 Å². The SMILES string of the molecule is Nc1nc2ccccc2c2c1N=C(C1CCNCC1)C2. The first-order valence-electron chi connectivity index (χ1n) is 7.28. The molecule has 0 amide bonds. The van der Waals surface area contributed by atoms with Crippen molar-refractivity contribution in [3.05, 3.63) is 29.8 Å². The second-order valence-electron chi connectivity index (χ2n) is 5.65. The maximum atomic E-state index is 6.10. The van der Waals surface area contributed by atoms with Crippen LogP contribution in [-0.4, -0.2) is 23.8 Å². The van der Waals surface area contributed by atoms with Gasteiger partial charge in [0.2, 0.25) is 0 Å². The minimum Gasteiger partial charge on any atom is -0.382 e. The Kier molecular flexibility index (Phi) is 2.70. The molecule has 0 atom stereocenters. The van der Waals surface area contributed by atoms with Gasteiger partial charge in [-0.3, -0.25) is 4.99 Å². The summed E-state index contributed by atoms with van der Waals surface area (Å²) in [4.78, 5) is 9.31. The number of hydrogen-bond acceptors (Lipinski definition) is 4. The fourth-order valence-corrected chi connectivity index (χ4v) is 3.35. The molecule has 2 aliphatic heterocycles. The molecule has 20 heavy (non-hydrogen) atoms. The van der Waals surface area contributed by atoms with Crippen LogP contribution in [0.5, 0.6) is 0 Å². The van der Waals surface area contributed by atoms with Crippen molar-refractivity contribution in [1.82, 2.24) is 10.3 Å². The number of benzene rings is 1. The van der Waals surface area contributed by atoms with Crippen LogP contribution in [0, 0.1) is 5.92 Å². The molecule has 3 heterocycles. The van der Waals surface area contributed by atoms with Gasteiger partial charge in [0.15, 0.2) is 0 Å². The van der Waals surface area contributed by atoms with E-state index < -0.39 is 0 Å². The number of nitrogen functional groups attached to an aromatic ring is 1. The summed E-state index contributed by atoms with van der Waals surface area (Å²) < 4.78 is 0. The van der Waals surface area contributed by atoms with Crippen LogP contribution in [-0.2, 0) is 6.42 Å². The van der Waals surface area contributed by atoms with Gasteiger partial charge in [0.1, 0.15) is 11.5 Å². The summed E-state index contributed by atoms with van der Waals surface area (Å²) in [5.41, 5.74) is 10.6. The summed E-state index contributed by atoms with van der Waals surface area (Å²) in [5, 5.41) is 4.61. The predicted molar refractivity (Wildman–Crippen MR) is 82.5 cm³/mol. The Morgan fingerprint density at radius 3 is 2.80 bits per heavy atom. The van der Waals surface area contributed by atoms with E-state index in [4.69, 9.17) is 10.7 Å². The van der Waals surface area contributed by atoms with Gasteiger partial charge in [-0.1, -0.05) is 18.2 Å². The molecule has 0 aliphatic carbocycles. The lowest BCUT2D eigenvalue weighted by molar-refractivity contribution is 0.454.